The molecule has 4 rings (SSSR count). The van der Waals surface area contributed by atoms with Crippen LogP contribution in [0, 0.1) is 0 Å². The zero-order valence-corrected chi connectivity index (χ0v) is 22.8. The van der Waals surface area contributed by atoms with Crippen LogP contribution in [-0.4, -0.2) is 35.8 Å². The summed E-state index contributed by atoms with van der Waals surface area (Å²) in [7, 11) is -4.39. The Morgan fingerprint density at radius 2 is 1.66 bits per heavy atom. The number of aromatic nitrogens is 1. The zero-order valence-electron chi connectivity index (χ0n) is 20.3. The molecule has 2 atom stereocenters. The van der Waals surface area contributed by atoms with Crippen LogP contribution in [0.2, 0.25) is 0 Å². The second-order valence-corrected chi connectivity index (χ2v) is 11.4. The molecule has 0 aliphatic carbocycles. The van der Waals surface area contributed by atoms with Gasteiger partial charge in [0.1, 0.15) is 11.0 Å². The Morgan fingerprint density at radius 1 is 0.947 bits per heavy atom. The Bertz CT molecular complexity index is 1470. The molecule has 2 aromatic carbocycles. The maximum absolute atomic E-state index is 13.5. The number of thiazole rings is 1. The molecule has 4 aromatic rings. The standard InChI is InChI=1S/C26H26N4O5S3/c1-17(31)27-22(13-18-5-3-2-4-6-18)25(32)28-23(26-29-24(16-37-26)20-11-12-36-15-20)14-19-7-9-21(10-8-19)30-38(33,34)35/h2-12,15-16,22-23,30H,13-14H2,1H3,(H,27,31)(H,28,32)(H,33,34,35). The lowest BCUT2D eigenvalue weighted by Crippen LogP contribution is -2.48. The van der Waals surface area contributed by atoms with E-state index in [1.165, 1.54) is 30.4 Å². The molecule has 0 aliphatic heterocycles. The Hall–Kier alpha value is -3.58. The third-order valence-corrected chi connectivity index (χ3v) is 7.71. The van der Waals surface area contributed by atoms with Gasteiger partial charge in [0.25, 0.3) is 0 Å². The summed E-state index contributed by atoms with van der Waals surface area (Å²) in [6.45, 7) is 1.37. The van der Waals surface area contributed by atoms with Crippen molar-refractivity contribution in [2.24, 2.45) is 0 Å². The van der Waals surface area contributed by atoms with Crippen molar-refractivity contribution in [2.75, 3.05) is 4.72 Å². The molecule has 0 saturated heterocycles. The Morgan fingerprint density at radius 3 is 2.29 bits per heavy atom. The predicted molar refractivity (Wildman–Crippen MR) is 149 cm³/mol. The lowest BCUT2D eigenvalue weighted by Gasteiger charge is -2.22. The van der Waals surface area contributed by atoms with Gasteiger partial charge in [-0.1, -0.05) is 42.5 Å². The molecule has 4 N–H and O–H groups in total. The number of rotatable bonds is 11. The molecule has 12 heteroatoms. The Labute approximate surface area is 228 Å². The van der Waals surface area contributed by atoms with E-state index in [0.717, 1.165) is 22.4 Å². The number of carbonyl (C=O) groups excluding carboxylic acids is 2. The summed E-state index contributed by atoms with van der Waals surface area (Å²) in [6, 6.07) is 16.6. The predicted octanol–water partition coefficient (Wildman–Crippen LogP) is 4.23. The first-order chi connectivity index (χ1) is 18.2. The molecule has 0 aliphatic rings. The van der Waals surface area contributed by atoms with Gasteiger partial charge in [0, 0.05) is 29.7 Å². The molecule has 0 bridgehead atoms. The normalized spacial score (nSPS) is 12.9. The number of hydrogen-bond donors (Lipinski definition) is 4. The first-order valence-electron chi connectivity index (χ1n) is 11.6. The first kappa shape index (κ1) is 27.5. The fraction of sp³-hybridized carbons (Fsp3) is 0.192. The fourth-order valence-corrected chi connectivity index (χ4v) is 5.82. The van der Waals surface area contributed by atoms with Crippen LogP contribution in [0.3, 0.4) is 0 Å². The number of carbonyl (C=O) groups is 2. The third kappa shape index (κ3) is 7.96. The summed E-state index contributed by atoms with van der Waals surface area (Å²) in [4.78, 5) is 30.1. The summed E-state index contributed by atoms with van der Waals surface area (Å²) in [6.07, 6.45) is 0.694. The van der Waals surface area contributed by atoms with Crippen LogP contribution >= 0.6 is 22.7 Å². The number of thiophene rings is 1. The van der Waals surface area contributed by atoms with Gasteiger partial charge in [0.2, 0.25) is 11.8 Å². The lowest BCUT2D eigenvalue weighted by molar-refractivity contribution is -0.128. The number of hydrogen-bond acceptors (Lipinski definition) is 7. The maximum atomic E-state index is 13.5. The molecule has 0 saturated carbocycles. The van der Waals surface area contributed by atoms with E-state index in [4.69, 9.17) is 9.54 Å². The lowest BCUT2D eigenvalue weighted by atomic mass is 10.0. The van der Waals surface area contributed by atoms with Crippen molar-refractivity contribution >= 4 is 50.5 Å². The molecule has 9 nitrogen and oxygen atoms in total. The van der Waals surface area contributed by atoms with Gasteiger partial charge in [-0.25, -0.2) is 4.98 Å². The van der Waals surface area contributed by atoms with E-state index in [9.17, 15) is 18.0 Å². The minimum atomic E-state index is -4.39. The van der Waals surface area contributed by atoms with E-state index < -0.39 is 22.4 Å². The van der Waals surface area contributed by atoms with Crippen molar-refractivity contribution in [1.29, 1.82) is 0 Å². The minimum absolute atomic E-state index is 0.208. The van der Waals surface area contributed by atoms with Crippen molar-refractivity contribution < 1.29 is 22.6 Å². The van der Waals surface area contributed by atoms with Gasteiger partial charge in [-0.2, -0.15) is 19.8 Å². The molecule has 2 heterocycles. The third-order valence-electron chi connectivity index (χ3n) is 5.57. The SMILES string of the molecule is CC(=O)NC(Cc1ccccc1)C(=O)NC(Cc1ccc(NS(=O)(=O)O)cc1)c1nc(-c2ccsc2)cs1. The smallest absolute Gasteiger partial charge is 0.345 e. The molecule has 0 radical (unpaired) electrons. The zero-order chi connectivity index (χ0) is 27.1. The van der Waals surface area contributed by atoms with Crippen LogP contribution < -0.4 is 15.4 Å². The highest BCUT2D eigenvalue weighted by molar-refractivity contribution is 7.87. The summed E-state index contributed by atoms with van der Waals surface area (Å²) in [5.41, 5.74) is 3.72. The summed E-state index contributed by atoms with van der Waals surface area (Å²) < 4.78 is 33.2. The molecule has 2 aromatic heterocycles. The van der Waals surface area contributed by atoms with E-state index in [1.807, 2.05) is 57.3 Å². The average molecular weight is 571 g/mol. The summed E-state index contributed by atoms with van der Waals surface area (Å²) in [5.74, 6) is -0.653. The molecule has 2 unspecified atom stereocenters. The minimum Gasteiger partial charge on any atom is -0.345 e. The number of nitrogens with zero attached hydrogens (tertiary/aromatic N) is 1. The van der Waals surface area contributed by atoms with E-state index in [1.54, 1.807) is 23.5 Å². The number of benzene rings is 2. The highest BCUT2D eigenvalue weighted by atomic mass is 32.2. The van der Waals surface area contributed by atoms with Crippen LogP contribution in [0.4, 0.5) is 5.69 Å². The van der Waals surface area contributed by atoms with Gasteiger partial charge < -0.3 is 10.6 Å². The van der Waals surface area contributed by atoms with E-state index in [0.29, 0.717) is 17.8 Å². The van der Waals surface area contributed by atoms with Crippen molar-refractivity contribution in [2.45, 2.75) is 31.8 Å². The second-order valence-electron chi connectivity index (χ2n) is 8.57. The van der Waals surface area contributed by atoms with Gasteiger partial charge in [-0.3, -0.25) is 18.9 Å². The molecule has 0 fully saturated rings. The monoisotopic (exact) mass is 570 g/mol. The van der Waals surface area contributed by atoms with Gasteiger partial charge in [0.15, 0.2) is 0 Å². The number of amides is 2. The average Bonchev–Trinajstić information content (AvgIpc) is 3.56. The van der Waals surface area contributed by atoms with E-state index in [2.05, 4.69) is 10.6 Å². The molecule has 2 amide bonds. The molecule has 38 heavy (non-hydrogen) atoms. The Kier molecular flexibility index (Phi) is 8.89. The van der Waals surface area contributed by atoms with Crippen molar-refractivity contribution in [1.82, 2.24) is 15.6 Å². The van der Waals surface area contributed by atoms with Crippen LogP contribution in [-0.2, 0) is 32.7 Å². The van der Waals surface area contributed by atoms with Crippen molar-refractivity contribution in [3.05, 3.63) is 92.9 Å². The van der Waals surface area contributed by atoms with Gasteiger partial charge in [-0.15, -0.1) is 11.3 Å². The van der Waals surface area contributed by atoms with E-state index >= 15 is 0 Å². The quantitative estimate of drug-likeness (QED) is 0.199. The van der Waals surface area contributed by atoms with Crippen LogP contribution in [0.5, 0.6) is 0 Å². The topological polar surface area (TPSA) is 137 Å². The largest absolute Gasteiger partial charge is 0.357 e. The maximum Gasteiger partial charge on any atom is 0.357 e. The number of anilines is 1. The van der Waals surface area contributed by atoms with Crippen molar-refractivity contribution in [3.63, 3.8) is 0 Å². The van der Waals surface area contributed by atoms with Crippen LogP contribution in [0.1, 0.15) is 29.1 Å². The Balaban J connectivity index is 1.58. The fourth-order valence-electron chi connectivity index (χ4n) is 3.86. The second kappa shape index (κ2) is 12.3. The van der Waals surface area contributed by atoms with Crippen LogP contribution in [0.25, 0.3) is 11.3 Å². The number of nitrogens with one attached hydrogen (secondary N) is 3. The van der Waals surface area contributed by atoms with Gasteiger partial charge >= 0.3 is 10.3 Å². The van der Waals surface area contributed by atoms with Crippen molar-refractivity contribution in [3.8, 4) is 11.3 Å². The van der Waals surface area contributed by atoms with Crippen LogP contribution in [0.15, 0.2) is 76.8 Å². The molecular weight excluding hydrogens is 545 g/mol. The molecule has 198 valence electrons. The summed E-state index contributed by atoms with van der Waals surface area (Å²) >= 11 is 2.99. The highest BCUT2D eigenvalue weighted by Gasteiger charge is 2.26. The van der Waals surface area contributed by atoms with E-state index in [-0.39, 0.29) is 17.5 Å². The first-order valence-corrected chi connectivity index (χ1v) is 14.9. The molecule has 0 spiro atoms. The van der Waals surface area contributed by atoms with Gasteiger partial charge in [0.05, 0.1) is 17.4 Å². The summed E-state index contributed by atoms with van der Waals surface area (Å²) in [5, 5.41) is 12.4. The van der Waals surface area contributed by atoms with Gasteiger partial charge in [-0.05, 0) is 41.1 Å². The highest BCUT2D eigenvalue weighted by Crippen LogP contribution is 2.29. The molecular formula is C26H26N4O5S3.